The molecule has 0 amide bonds. The van der Waals surface area contributed by atoms with E-state index in [1.54, 1.807) is 0 Å². The van der Waals surface area contributed by atoms with E-state index in [9.17, 15) is 0 Å². The molecule has 0 saturated carbocycles. The Bertz CT molecular complexity index is 1000. The maximum absolute atomic E-state index is 3.26. The fourth-order valence-electron chi connectivity index (χ4n) is 5.12. The Labute approximate surface area is 184 Å². The summed E-state index contributed by atoms with van der Waals surface area (Å²) < 4.78 is 0. The summed E-state index contributed by atoms with van der Waals surface area (Å²) in [4.78, 5) is 0. The molecule has 0 heterocycles. The summed E-state index contributed by atoms with van der Waals surface area (Å²) in [5.41, 5.74) is 0. The topological polar surface area (TPSA) is 0 Å². The van der Waals surface area contributed by atoms with Gasteiger partial charge in [0.25, 0.3) is 0 Å². The number of rotatable bonds is 5. The fraction of sp³-hybridized carbons (Fsp3) is 0. The van der Waals surface area contributed by atoms with E-state index in [4.69, 9.17) is 0 Å². The average Bonchev–Trinajstić information content (AvgIpc) is 2.88. The third-order valence-corrected chi connectivity index (χ3v) is 13.0. The van der Waals surface area contributed by atoms with Gasteiger partial charge in [0.15, 0.2) is 0 Å². The molecule has 0 N–H and O–H groups in total. The molecule has 0 saturated heterocycles. The molecule has 0 bridgehead atoms. The molecule has 0 unspecified atom stereocenters. The van der Waals surface area contributed by atoms with Crippen LogP contribution in [-0.4, -0.2) is 0 Å². The summed E-state index contributed by atoms with van der Waals surface area (Å²) in [5.74, 6) is 0. The summed E-state index contributed by atoms with van der Waals surface area (Å²) in [5, 5.41) is 6.75. The zero-order valence-electron chi connectivity index (χ0n) is 17.4. The Morgan fingerprint density at radius 2 is 0.387 bits per heavy atom. The van der Waals surface area contributed by atoms with Gasteiger partial charge in [-0.05, 0) is 0 Å². The van der Waals surface area contributed by atoms with Gasteiger partial charge in [-0.1, -0.05) is 0 Å². The first-order valence-corrected chi connectivity index (χ1v) is 12.9. The molecule has 150 valence electrons. The minimum absolute atomic E-state index is 1.35. The van der Waals surface area contributed by atoms with Gasteiger partial charge in [-0.15, -0.1) is 0 Å². The Kier molecular flexibility index (Phi) is 5.02. The van der Waals surface area contributed by atoms with Gasteiger partial charge >= 0.3 is 185 Å². The predicted octanol–water partition coefficient (Wildman–Crippen LogP) is 5.17. The zero-order chi connectivity index (χ0) is 21.0. The van der Waals surface area contributed by atoms with E-state index in [-0.39, 0.29) is 0 Å². The Hall–Kier alpha value is -3.47. The average molecular weight is 417 g/mol. The second-order valence-corrected chi connectivity index (χ2v) is 12.6. The van der Waals surface area contributed by atoms with Crippen molar-refractivity contribution < 1.29 is 0 Å². The van der Waals surface area contributed by atoms with Crippen LogP contribution in [0.2, 0.25) is 0 Å². The second kappa shape index (κ2) is 7.99. The monoisotopic (exact) mass is 416 g/mol. The van der Waals surface area contributed by atoms with E-state index in [2.05, 4.69) is 152 Å². The van der Waals surface area contributed by atoms with Gasteiger partial charge in [-0.2, -0.15) is 0 Å². The van der Waals surface area contributed by atoms with Crippen molar-refractivity contribution in [1.29, 1.82) is 0 Å². The van der Waals surface area contributed by atoms with Crippen molar-refractivity contribution >= 4 is 33.1 Å². The van der Waals surface area contributed by atoms with E-state index in [0.717, 1.165) is 0 Å². The molecule has 0 atom stereocenters. The van der Waals surface area contributed by atoms with Gasteiger partial charge < -0.3 is 0 Å². The zero-order valence-corrected chi connectivity index (χ0v) is 18.3. The molecule has 0 aliphatic rings. The summed E-state index contributed by atoms with van der Waals surface area (Å²) >= 11 is 0. The van der Waals surface area contributed by atoms with Crippen LogP contribution in [0.15, 0.2) is 152 Å². The number of benzene rings is 5. The molecular formula is C30H25P. The third-order valence-electron chi connectivity index (χ3n) is 6.36. The van der Waals surface area contributed by atoms with E-state index in [1.807, 2.05) is 0 Å². The van der Waals surface area contributed by atoms with Gasteiger partial charge in [0.2, 0.25) is 0 Å². The van der Waals surface area contributed by atoms with Crippen molar-refractivity contribution in [3.63, 3.8) is 0 Å². The predicted molar refractivity (Wildman–Crippen MR) is 137 cm³/mol. The molecule has 0 radical (unpaired) electrons. The van der Waals surface area contributed by atoms with Gasteiger partial charge in [-0.25, -0.2) is 0 Å². The molecule has 0 spiro atoms. The van der Waals surface area contributed by atoms with Gasteiger partial charge in [0, 0.05) is 0 Å². The van der Waals surface area contributed by atoms with E-state index < -0.39 is 6.60 Å². The van der Waals surface area contributed by atoms with Gasteiger partial charge in [-0.3, -0.25) is 0 Å². The van der Waals surface area contributed by atoms with Crippen molar-refractivity contribution in [1.82, 2.24) is 0 Å². The molecule has 5 aromatic carbocycles. The molecule has 5 aromatic rings. The summed E-state index contributed by atoms with van der Waals surface area (Å²) in [6, 6.07) is 55.5. The van der Waals surface area contributed by atoms with Crippen LogP contribution in [-0.2, 0) is 0 Å². The Balaban J connectivity index is 2.14. The van der Waals surface area contributed by atoms with Crippen LogP contribution >= 0.6 is 6.60 Å². The van der Waals surface area contributed by atoms with E-state index in [0.29, 0.717) is 0 Å². The van der Waals surface area contributed by atoms with Crippen molar-refractivity contribution in [2.75, 3.05) is 0 Å². The first kappa shape index (κ1) is 19.5. The standard InChI is InChI=1S/C30H25P/c1-6-16-26(17-7-1)31(27-18-8-2-9-19-27,28-20-10-3-11-21-28,29-22-12-4-13-23-29)30-24-14-5-15-25-30/h1-25H. The van der Waals surface area contributed by atoms with Crippen LogP contribution in [0.4, 0.5) is 0 Å². The quantitative estimate of drug-likeness (QED) is 0.347. The van der Waals surface area contributed by atoms with Crippen LogP contribution < -0.4 is 26.5 Å². The second-order valence-electron chi connectivity index (χ2n) is 7.80. The number of hydrogen-bond acceptors (Lipinski definition) is 0. The molecule has 1 heteroatoms. The van der Waals surface area contributed by atoms with Crippen LogP contribution in [0.3, 0.4) is 0 Å². The Morgan fingerprint density at radius 1 is 0.226 bits per heavy atom. The van der Waals surface area contributed by atoms with Gasteiger partial charge in [0.05, 0.1) is 0 Å². The summed E-state index contributed by atoms with van der Waals surface area (Å²) in [6.45, 7) is -3.26. The van der Waals surface area contributed by atoms with Crippen molar-refractivity contribution in [3.8, 4) is 0 Å². The van der Waals surface area contributed by atoms with Crippen LogP contribution in [0, 0.1) is 0 Å². The molecule has 0 fully saturated rings. The van der Waals surface area contributed by atoms with Crippen LogP contribution in [0.25, 0.3) is 0 Å². The molecule has 0 aliphatic heterocycles. The summed E-state index contributed by atoms with van der Waals surface area (Å²) in [7, 11) is 0. The molecule has 0 aliphatic carbocycles. The molecule has 5 rings (SSSR count). The van der Waals surface area contributed by atoms with Crippen LogP contribution in [0.1, 0.15) is 0 Å². The minimum atomic E-state index is -3.26. The number of hydrogen-bond donors (Lipinski definition) is 0. The summed E-state index contributed by atoms with van der Waals surface area (Å²) in [6.07, 6.45) is 0. The molecular weight excluding hydrogens is 391 g/mol. The van der Waals surface area contributed by atoms with Crippen molar-refractivity contribution in [2.45, 2.75) is 0 Å². The first-order chi connectivity index (χ1) is 15.4. The van der Waals surface area contributed by atoms with Gasteiger partial charge in [0.1, 0.15) is 0 Å². The fourth-order valence-corrected chi connectivity index (χ4v) is 11.9. The normalized spacial score (nSPS) is 12.6. The SMILES string of the molecule is c1ccc(P(c2ccccc2)(c2ccccc2)(c2ccccc2)c2ccccc2)cc1. The third kappa shape index (κ3) is 2.73. The first-order valence-electron chi connectivity index (χ1n) is 10.7. The molecule has 0 nitrogen and oxygen atoms in total. The van der Waals surface area contributed by atoms with Crippen LogP contribution in [0.5, 0.6) is 0 Å². The van der Waals surface area contributed by atoms with E-state index >= 15 is 0 Å². The Morgan fingerprint density at radius 3 is 0.548 bits per heavy atom. The van der Waals surface area contributed by atoms with Crippen molar-refractivity contribution in [3.05, 3.63) is 152 Å². The van der Waals surface area contributed by atoms with Crippen molar-refractivity contribution in [2.24, 2.45) is 0 Å². The molecule has 31 heavy (non-hydrogen) atoms. The maximum atomic E-state index is 2.32. The molecule has 0 aromatic heterocycles. The van der Waals surface area contributed by atoms with E-state index in [1.165, 1.54) is 26.5 Å².